The summed E-state index contributed by atoms with van der Waals surface area (Å²) in [4.78, 5) is 43.3. The van der Waals surface area contributed by atoms with E-state index in [2.05, 4.69) is 5.32 Å². The van der Waals surface area contributed by atoms with Crippen LogP contribution >= 0.6 is 0 Å². The lowest BCUT2D eigenvalue weighted by molar-refractivity contribution is -0.121. The number of aryl methyl sites for hydroxylation is 1. The van der Waals surface area contributed by atoms with Crippen LogP contribution in [0.25, 0.3) is 16.9 Å². The number of carbonyl (C=O) groups excluding carboxylic acids is 3. The monoisotopic (exact) mass is 424 g/mol. The predicted octanol–water partition coefficient (Wildman–Crippen LogP) is 4.22. The van der Waals surface area contributed by atoms with E-state index in [1.54, 1.807) is 24.3 Å². The molecule has 0 aliphatic carbocycles. The number of hydrogen-bond donors (Lipinski definition) is 1. The van der Waals surface area contributed by atoms with Crippen LogP contribution in [0.15, 0.2) is 72.9 Å². The Morgan fingerprint density at radius 1 is 0.938 bits per heavy atom. The fourth-order valence-corrected chi connectivity index (χ4v) is 3.95. The van der Waals surface area contributed by atoms with Crippen molar-refractivity contribution < 1.29 is 14.4 Å². The van der Waals surface area contributed by atoms with E-state index in [1.165, 1.54) is 0 Å². The Morgan fingerprint density at radius 3 is 2.44 bits per heavy atom. The van der Waals surface area contributed by atoms with Crippen molar-refractivity contribution in [1.29, 1.82) is 0 Å². The number of imidazole rings is 1. The summed E-state index contributed by atoms with van der Waals surface area (Å²) < 4.78 is 1.85. The summed E-state index contributed by atoms with van der Waals surface area (Å²) in [7, 11) is 0. The van der Waals surface area contributed by atoms with Crippen molar-refractivity contribution in [2.45, 2.75) is 19.8 Å². The number of rotatable bonds is 4. The molecule has 7 heteroatoms. The van der Waals surface area contributed by atoms with Gasteiger partial charge in [-0.2, -0.15) is 0 Å². The van der Waals surface area contributed by atoms with Gasteiger partial charge in [0.25, 0.3) is 5.91 Å². The molecule has 1 aliphatic rings. The number of hydrogen-bond acceptors (Lipinski definition) is 4. The zero-order valence-electron chi connectivity index (χ0n) is 17.4. The van der Waals surface area contributed by atoms with Gasteiger partial charge in [0.2, 0.25) is 11.8 Å². The second-order valence-electron chi connectivity index (χ2n) is 7.69. The van der Waals surface area contributed by atoms with E-state index in [0.29, 0.717) is 22.8 Å². The van der Waals surface area contributed by atoms with Crippen LogP contribution in [-0.4, -0.2) is 27.1 Å². The molecule has 0 unspecified atom stereocenters. The van der Waals surface area contributed by atoms with Gasteiger partial charge in [0.1, 0.15) is 17.2 Å². The first-order valence-electron chi connectivity index (χ1n) is 10.3. The molecular formula is C25H20N4O3. The maximum absolute atomic E-state index is 13.2. The summed E-state index contributed by atoms with van der Waals surface area (Å²) in [6.45, 7) is 1.97. The normalized spacial score (nSPS) is 13.7. The van der Waals surface area contributed by atoms with Gasteiger partial charge in [-0.25, -0.2) is 4.98 Å². The number of imide groups is 1. The van der Waals surface area contributed by atoms with E-state index in [9.17, 15) is 14.4 Å². The fraction of sp³-hybridized carbons (Fsp3) is 0.120. The molecule has 0 bridgehead atoms. The van der Waals surface area contributed by atoms with Gasteiger partial charge >= 0.3 is 0 Å². The SMILES string of the molecule is Cc1cccn2c(NC(=O)c3cccc(N4C(=O)CCC4=O)c3)c(-c3ccccc3)nc12. The first-order chi connectivity index (χ1) is 15.5. The average molecular weight is 424 g/mol. The van der Waals surface area contributed by atoms with Crippen LogP contribution in [0, 0.1) is 6.92 Å². The van der Waals surface area contributed by atoms with E-state index in [4.69, 9.17) is 4.98 Å². The molecule has 7 nitrogen and oxygen atoms in total. The highest BCUT2D eigenvalue weighted by molar-refractivity contribution is 6.20. The summed E-state index contributed by atoms with van der Waals surface area (Å²) >= 11 is 0. The van der Waals surface area contributed by atoms with Gasteiger partial charge in [0, 0.05) is 30.2 Å². The number of fused-ring (bicyclic) bond motifs is 1. The van der Waals surface area contributed by atoms with E-state index >= 15 is 0 Å². The number of carbonyl (C=O) groups is 3. The first-order valence-corrected chi connectivity index (χ1v) is 10.3. The summed E-state index contributed by atoms with van der Waals surface area (Å²) in [5.74, 6) is -0.308. The minimum absolute atomic E-state index is 0.191. The molecule has 2 aromatic heterocycles. The lowest BCUT2D eigenvalue weighted by atomic mass is 10.1. The van der Waals surface area contributed by atoms with Gasteiger partial charge < -0.3 is 5.32 Å². The highest BCUT2D eigenvalue weighted by atomic mass is 16.2. The Hall–Kier alpha value is -4.26. The molecule has 4 aromatic rings. The lowest BCUT2D eigenvalue weighted by Crippen LogP contribution is -2.28. The lowest BCUT2D eigenvalue weighted by Gasteiger charge is -2.15. The zero-order chi connectivity index (χ0) is 22.2. The van der Waals surface area contributed by atoms with Crippen molar-refractivity contribution in [3.8, 4) is 11.3 Å². The molecular weight excluding hydrogens is 404 g/mol. The van der Waals surface area contributed by atoms with Gasteiger partial charge in [0.15, 0.2) is 0 Å². The fourth-order valence-electron chi connectivity index (χ4n) is 3.95. The molecule has 1 N–H and O–H groups in total. The quantitative estimate of drug-likeness (QED) is 0.497. The molecule has 3 heterocycles. The van der Waals surface area contributed by atoms with Crippen LogP contribution in [-0.2, 0) is 9.59 Å². The maximum atomic E-state index is 13.2. The van der Waals surface area contributed by atoms with E-state index in [-0.39, 0.29) is 30.6 Å². The van der Waals surface area contributed by atoms with Crippen molar-refractivity contribution in [3.63, 3.8) is 0 Å². The number of nitrogens with zero attached hydrogens (tertiary/aromatic N) is 3. The second-order valence-corrected chi connectivity index (χ2v) is 7.69. The zero-order valence-corrected chi connectivity index (χ0v) is 17.4. The van der Waals surface area contributed by atoms with Gasteiger partial charge in [-0.3, -0.25) is 23.7 Å². The number of nitrogens with one attached hydrogen (secondary N) is 1. The van der Waals surface area contributed by atoms with E-state index in [0.717, 1.165) is 21.7 Å². The van der Waals surface area contributed by atoms with Crippen LogP contribution in [0.4, 0.5) is 11.5 Å². The molecule has 5 rings (SSSR count). The molecule has 0 saturated carbocycles. The molecule has 158 valence electrons. The van der Waals surface area contributed by atoms with Gasteiger partial charge in [-0.05, 0) is 36.8 Å². The molecule has 0 radical (unpaired) electrons. The van der Waals surface area contributed by atoms with Gasteiger partial charge in [-0.15, -0.1) is 0 Å². The summed E-state index contributed by atoms with van der Waals surface area (Å²) in [6, 6.07) is 20.1. The molecule has 0 spiro atoms. The first kappa shape index (κ1) is 19.7. The average Bonchev–Trinajstić information content (AvgIpc) is 3.35. The number of pyridine rings is 1. The Bertz CT molecular complexity index is 1360. The van der Waals surface area contributed by atoms with Crippen LogP contribution in [0.3, 0.4) is 0 Å². The number of anilines is 2. The van der Waals surface area contributed by atoms with Gasteiger partial charge in [-0.1, -0.05) is 42.5 Å². The van der Waals surface area contributed by atoms with Crippen LogP contribution < -0.4 is 10.2 Å². The van der Waals surface area contributed by atoms with E-state index in [1.807, 2.05) is 60.0 Å². The van der Waals surface area contributed by atoms with E-state index < -0.39 is 0 Å². The van der Waals surface area contributed by atoms with Crippen LogP contribution in [0.5, 0.6) is 0 Å². The third-order valence-electron chi connectivity index (χ3n) is 5.54. The molecule has 1 aliphatic heterocycles. The molecule has 32 heavy (non-hydrogen) atoms. The number of benzene rings is 2. The molecule has 2 aromatic carbocycles. The van der Waals surface area contributed by atoms with Crippen molar-refractivity contribution in [2.75, 3.05) is 10.2 Å². The topological polar surface area (TPSA) is 83.8 Å². The largest absolute Gasteiger partial charge is 0.306 e. The molecule has 0 atom stereocenters. The highest BCUT2D eigenvalue weighted by Gasteiger charge is 2.30. The molecule has 1 saturated heterocycles. The molecule has 1 fully saturated rings. The summed E-state index contributed by atoms with van der Waals surface area (Å²) in [5, 5.41) is 2.99. The highest BCUT2D eigenvalue weighted by Crippen LogP contribution is 2.30. The Morgan fingerprint density at radius 2 is 1.69 bits per heavy atom. The van der Waals surface area contributed by atoms with Crippen molar-refractivity contribution in [2.24, 2.45) is 0 Å². The standard InChI is InChI=1S/C25H20N4O3/c1-16-7-6-14-28-23(16)26-22(17-8-3-2-4-9-17)24(28)27-25(32)18-10-5-11-19(15-18)29-20(30)12-13-21(29)31/h2-11,14-15H,12-13H2,1H3,(H,27,32). The smallest absolute Gasteiger partial charge is 0.256 e. The Labute approximate surface area is 184 Å². The van der Waals surface area contributed by atoms with Crippen molar-refractivity contribution in [1.82, 2.24) is 9.38 Å². The van der Waals surface area contributed by atoms with Crippen LogP contribution in [0.2, 0.25) is 0 Å². The minimum atomic E-state index is -0.355. The minimum Gasteiger partial charge on any atom is -0.306 e. The van der Waals surface area contributed by atoms with Crippen LogP contribution in [0.1, 0.15) is 28.8 Å². The molecule has 3 amide bonds. The summed E-state index contributed by atoms with van der Waals surface area (Å²) in [5.41, 5.74) is 4.03. The third-order valence-corrected chi connectivity index (χ3v) is 5.54. The maximum Gasteiger partial charge on any atom is 0.256 e. The second kappa shape index (κ2) is 7.77. The summed E-state index contributed by atoms with van der Waals surface area (Å²) in [6.07, 6.45) is 2.24. The number of aromatic nitrogens is 2. The van der Waals surface area contributed by atoms with Crippen molar-refractivity contribution in [3.05, 3.63) is 84.1 Å². The van der Waals surface area contributed by atoms with Gasteiger partial charge in [0.05, 0.1) is 5.69 Å². The predicted molar refractivity (Wildman–Crippen MR) is 121 cm³/mol. The third kappa shape index (κ3) is 3.33. The Kier molecular flexibility index (Phi) is 4.78. The Balaban J connectivity index is 1.55. The number of amides is 3. The van der Waals surface area contributed by atoms with Crippen molar-refractivity contribution >= 4 is 34.9 Å².